The van der Waals surface area contributed by atoms with Crippen molar-refractivity contribution in [3.05, 3.63) is 33.8 Å². The molecular weight excluding hydrogens is 362 g/mol. The average Bonchev–Trinajstić information content (AvgIpc) is 3.02. The third-order valence-corrected chi connectivity index (χ3v) is 6.33. The van der Waals surface area contributed by atoms with E-state index in [1.54, 1.807) is 0 Å². The molecule has 0 radical (unpaired) electrons. The predicted molar refractivity (Wildman–Crippen MR) is 91.5 cm³/mol. The van der Waals surface area contributed by atoms with E-state index >= 15 is 0 Å². The first-order chi connectivity index (χ1) is 11.0. The van der Waals surface area contributed by atoms with Crippen LogP contribution in [-0.4, -0.2) is 18.4 Å². The van der Waals surface area contributed by atoms with Gasteiger partial charge in [0.2, 0.25) is 6.43 Å². The van der Waals surface area contributed by atoms with E-state index in [1.165, 1.54) is 5.56 Å². The van der Waals surface area contributed by atoms with Gasteiger partial charge in [-0.1, -0.05) is 22.0 Å². The summed E-state index contributed by atoms with van der Waals surface area (Å²) in [6.07, 6.45) is 3.19. The van der Waals surface area contributed by atoms with Crippen molar-refractivity contribution in [1.82, 2.24) is 0 Å². The normalized spacial score (nSPS) is 35.3. The number of hydrogen-bond acceptors (Lipinski definition) is 2. The molecule has 4 rings (SSSR count). The van der Waals surface area contributed by atoms with E-state index in [9.17, 15) is 8.78 Å². The van der Waals surface area contributed by atoms with Gasteiger partial charge >= 0.3 is 0 Å². The topological polar surface area (TPSA) is 24.7 Å². The summed E-state index contributed by atoms with van der Waals surface area (Å²) in [6, 6.07) is 6.29. The number of nitrogens with zero attached hydrogens (tertiary/aromatic N) is 2. The Kier molecular flexibility index (Phi) is 3.49. The summed E-state index contributed by atoms with van der Waals surface area (Å²) in [6.45, 7) is 1.96. The highest BCUT2D eigenvalue weighted by Crippen LogP contribution is 2.62. The van der Waals surface area contributed by atoms with E-state index in [0.717, 1.165) is 35.0 Å². The first-order valence-corrected chi connectivity index (χ1v) is 8.94. The number of fused-ring (bicyclic) bond motifs is 3. The Bertz CT molecular complexity index is 705. The SMILES string of the molecule is CC1=NC2(N=C1)c1cc(Br)ccc1CC21CCC(C(F)F)CC1. The van der Waals surface area contributed by atoms with E-state index in [0.29, 0.717) is 12.8 Å². The maximum Gasteiger partial charge on any atom is 0.241 e. The van der Waals surface area contributed by atoms with Crippen LogP contribution in [-0.2, 0) is 12.1 Å². The first kappa shape index (κ1) is 15.4. The molecule has 1 heterocycles. The van der Waals surface area contributed by atoms with Crippen molar-refractivity contribution in [2.24, 2.45) is 21.3 Å². The Morgan fingerprint density at radius 1 is 1.26 bits per heavy atom. The molecule has 1 atom stereocenters. The fraction of sp³-hybridized carbons (Fsp3) is 0.556. The number of benzene rings is 1. The van der Waals surface area contributed by atoms with E-state index in [1.807, 2.05) is 19.2 Å². The van der Waals surface area contributed by atoms with Crippen molar-refractivity contribution >= 4 is 27.9 Å². The van der Waals surface area contributed by atoms with Crippen molar-refractivity contribution in [3.8, 4) is 0 Å². The van der Waals surface area contributed by atoms with Crippen LogP contribution in [0.15, 0.2) is 32.7 Å². The zero-order valence-electron chi connectivity index (χ0n) is 13.0. The number of rotatable bonds is 1. The molecule has 1 unspecified atom stereocenters. The lowest BCUT2D eigenvalue weighted by molar-refractivity contribution is 0.000993. The maximum absolute atomic E-state index is 13.1. The molecular formula is C18H19BrF2N2. The number of aliphatic imine (C=N–C) groups is 2. The van der Waals surface area contributed by atoms with Crippen LogP contribution in [0.2, 0.25) is 0 Å². The summed E-state index contributed by atoms with van der Waals surface area (Å²) in [5, 5.41) is 0. The molecule has 1 fully saturated rings. The predicted octanol–water partition coefficient (Wildman–Crippen LogP) is 5.15. The van der Waals surface area contributed by atoms with Crippen LogP contribution >= 0.6 is 15.9 Å². The highest BCUT2D eigenvalue weighted by atomic mass is 79.9. The van der Waals surface area contributed by atoms with Crippen molar-refractivity contribution in [2.75, 3.05) is 0 Å². The van der Waals surface area contributed by atoms with Crippen molar-refractivity contribution in [3.63, 3.8) is 0 Å². The van der Waals surface area contributed by atoms with Crippen LogP contribution in [0.3, 0.4) is 0 Å². The standard InChI is InChI=1S/C18H19BrF2N2/c1-11-10-22-18(23-11)15-8-14(19)3-2-13(15)9-17(18)6-4-12(5-7-17)16(20)21/h2-3,8,10,12,16H,4-7,9H2,1H3. The average molecular weight is 381 g/mol. The molecule has 0 saturated heterocycles. The van der Waals surface area contributed by atoms with Gasteiger partial charge in [-0.3, -0.25) is 9.98 Å². The molecule has 0 aromatic heterocycles. The lowest BCUT2D eigenvalue weighted by Gasteiger charge is -2.44. The number of hydrogen-bond donors (Lipinski definition) is 0. The molecule has 2 spiro atoms. The van der Waals surface area contributed by atoms with Crippen molar-refractivity contribution in [2.45, 2.75) is 51.1 Å². The molecule has 3 aliphatic rings. The second-order valence-corrected chi connectivity index (χ2v) is 8.03. The second-order valence-electron chi connectivity index (χ2n) is 7.11. The molecule has 1 saturated carbocycles. The summed E-state index contributed by atoms with van der Waals surface area (Å²) in [7, 11) is 0. The molecule has 122 valence electrons. The van der Waals surface area contributed by atoms with Crippen LogP contribution in [0.4, 0.5) is 8.78 Å². The molecule has 0 bridgehead atoms. The quantitative estimate of drug-likeness (QED) is 0.643. The lowest BCUT2D eigenvalue weighted by atomic mass is 9.64. The Morgan fingerprint density at radius 2 is 2.00 bits per heavy atom. The summed E-state index contributed by atoms with van der Waals surface area (Å²) < 4.78 is 27.2. The van der Waals surface area contributed by atoms with Crippen LogP contribution < -0.4 is 0 Å². The largest absolute Gasteiger partial charge is 0.256 e. The van der Waals surface area contributed by atoms with Crippen molar-refractivity contribution in [1.29, 1.82) is 0 Å². The molecule has 0 amide bonds. The van der Waals surface area contributed by atoms with Gasteiger partial charge in [-0.15, -0.1) is 0 Å². The van der Waals surface area contributed by atoms with E-state index in [4.69, 9.17) is 9.98 Å². The van der Waals surface area contributed by atoms with E-state index < -0.39 is 18.0 Å². The van der Waals surface area contributed by atoms with Gasteiger partial charge < -0.3 is 0 Å². The Labute approximate surface area is 143 Å². The van der Waals surface area contributed by atoms with Crippen LogP contribution in [0.5, 0.6) is 0 Å². The second kappa shape index (κ2) is 5.20. The summed E-state index contributed by atoms with van der Waals surface area (Å²) in [4.78, 5) is 9.77. The van der Waals surface area contributed by atoms with E-state index in [2.05, 4.69) is 28.1 Å². The van der Waals surface area contributed by atoms with Gasteiger partial charge in [0, 0.05) is 27.6 Å². The molecule has 1 aromatic carbocycles. The molecule has 0 N–H and O–H groups in total. The minimum atomic E-state index is -2.21. The van der Waals surface area contributed by atoms with E-state index in [-0.39, 0.29) is 5.41 Å². The molecule has 23 heavy (non-hydrogen) atoms. The van der Waals surface area contributed by atoms with Crippen LogP contribution in [0.25, 0.3) is 0 Å². The van der Waals surface area contributed by atoms with Gasteiger partial charge in [-0.05, 0) is 56.7 Å². The minimum Gasteiger partial charge on any atom is -0.256 e. The Morgan fingerprint density at radius 3 is 2.61 bits per heavy atom. The molecule has 1 aromatic rings. The molecule has 2 nitrogen and oxygen atoms in total. The third-order valence-electron chi connectivity index (χ3n) is 5.84. The van der Waals surface area contributed by atoms with Gasteiger partial charge in [0.15, 0.2) is 5.66 Å². The zero-order valence-corrected chi connectivity index (χ0v) is 14.6. The molecule has 2 aliphatic carbocycles. The van der Waals surface area contributed by atoms with Gasteiger partial charge in [0.05, 0.1) is 5.71 Å². The number of halogens is 3. The fourth-order valence-electron chi connectivity index (χ4n) is 4.66. The van der Waals surface area contributed by atoms with Crippen LogP contribution in [0, 0.1) is 11.3 Å². The Balaban J connectivity index is 1.79. The highest BCUT2D eigenvalue weighted by Gasteiger charge is 2.60. The summed E-state index contributed by atoms with van der Waals surface area (Å²) in [5.74, 6) is -0.469. The monoisotopic (exact) mass is 380 g/mol. The zero-order chi connectivity index (χ0) is 16.2. The van der Waals surface area contributed by atoms with Gasteiger partial charge in [0.25, 0.3) is 0 Å². The smallest absolute Gasteiger partial charge is 0.241 e. The third kappa shape index (κ3) is 2.15. The number of alkyl halides is 2. The molecule has 1 aliphatic heterocycles. The first-order valence-electron chi connectivity index (χ1n) is 8.15. The van der Waals surface area contributed by atoms with Gasteiger partial charge in [-0.25, -0.2) is 8.78 Å². The molecule has 5 heteroatoms. The van der Waals surface area contributed by atoms with Crippen LogP contribution in [0.1, 0.15) is 43.7 Å². The fourth-order valence-corrected chi connectivity index (χ4v) is 5.02. The summed E-state index contributed by atoms with van der Waals surface area (Å²) >= 11 is 3.55. The lowest BCUT2D eigenvalue weighted by Crippen LogP contribution is -2.43. The Hall–Kier alpha value is -1.10. The minimum absolute atomic E-state index is 0.143. The summed E-state index contributed by atoms with van der Waals surface area (Å²) in [5.41, 5.74) is 2.60. The van der Waals surface area contributed by atoms with Crippen molar-refractivity contribution < 1.29 is 8.78 Å². The van der Waals surface area contributed by atoms with Gasteiger partial charge in [-0.2, -0.15) is 0 Å². The maximum atomic E-state index is 13.1. The highest BCUT2D eigenvalue weighted by molar-refractivity contribution is 9.10. The van der Waals surface area contributed by atoms with Gasteiger partial charge in [0.1, 0.15) is 0 Å².